The lowest BCUT2D eigenvalue weighted by Gasteiger charge is -2.19. The zero-order valence-electron chi connectivity index (χ0n) is 18.2. The van der Waals surface area contributed by atoms with E-state index in [9.17, 15) is 9.59 Å². The minimum absolute atomic E-state index is 0.254. The Morgan fingerprint density at radius 1 is 0.812 bits per heavy atom. The lowest BCUT2D eigenvalue weighted by molar-refractivity contribution is 0.0819. The zero-order valence-corrected chi connectivity index (χ0v) is 18.2. The Morgan fingerprint density at radius 2 is 1.44 bits per heavy atom. The number of carbonyl (C=O) groups is 2. The molecule has 0 spiro atoms. The molecule has 0 unspecified atom stereocenters. The Hall–Kier alpha value is -3.99. The van der Waals surface area contributed by atoms with Gasteiger partial charge in [-0.3, -0.25) is 9.59 Å². The molecule has 32 heavy (non-hydrogen) atoms. The maximum atomic E-state index is 13.5. The monoisotopic (exact) mass is 423 g/mol. The first-order valence-electron chi connectivity index (χ1n) is 10.6. The largest absolute Gasteiger partial charge is 0.352 e. The number of nitrogens with one attached hydrogen (secondary N) is 1. The lowest BCUT2D eigenvalue weighted by atomic mass is 9.95. The minimum Gasteiger partial charge on any atom is -0.352 e. The number of fused-ring (bicyclic) bond motifs is 1. The molecule has 0 saturated carbocycles. The van der Waals surface area contributed by atoms with Gasteiger partial charge >= 0.3 is 0 Å². The van der Waals surface area contributed by atoms with Crippen molar-refractivity contribution in [2.75, 3.05) is 20.6 Å². The fourth-order valence-corrected chi connectivity index (χ4v) is 3.74. The summed E-state index contributed by atoms with van der Waals surface area (Å²) < 4.78 is 0. The van der Waals surface area contributed by atoms with E-state index >= 15 is 0 Å². The molecule has 4 rings (SSSR count). The summed E-state index contributed by atoms with van der Waals surface area (Å²) in [5.74, 6) is -0.530. The Labute approximate surface area is 187 Å². The number of pyridine rings is 1. The molecule has 4 aromatic rings. The van der Waals surface area contributed by atoms with Gasteiger partial charge in [0.2, 0.25) is 0 Å². The molecule has 0 saturated heterocycles. The number of hydrogen-bond acceptors (Lipinski definition) is 3. The van der Waals surface area contributed by atoms with Crippen LogP contribution < -0.4 is 5.32 Å². The number of benzene rings is 3. The quantitative estimate of drug-likeness (QED) is 0.494. The number of aromatic nitrogens is 1. The second kappa shape index (κ2) is 9.43. The van der Waals surface area contributed by atoms with Crippen molar-refractivity contribution in [2.24, 2.45) is 0 Å². The molecule has 0 aliphatic carbocycles. The van der Waals surface area contributed by atoms with E-state index in [2.05, 4.69) is 5.32 Å². The third kappa shape index (κ3) is 4.37. The minimum atomic E-state index is -0.276. The fourth-order valence-electron chi connectivity index (χ4n) is 3.74. The van der Waals surface area contributed by atoms with Crippen LogP contribution in [0.25, 0.3) is 22.2 Å². The molecule has 0 aliphatic heterocycles. The van der Waals surface area contributed by atoms with Crippen LogP contribution in [0.2, 0.25) is 0 Å². The molecule has 0 bridgehead atoms. The van der Waals surface area contributed by atoms with E-state index < -0.39 is 0 Å². The van der Waals surface area contributed by atoms with Crippen LogP contribution in [0.4, 0.5) is 0 Å². The summed E-state index contributed by atoms with van der Waals surface area (Å²) in [5, 5.41) is 3.68. The predicted octanol–water partition coefficient (Wildman–Crippen LogP) is 4.58. The van der Waals surface area contributed by atoms with E-state index in [0.29, 0.717) is 40.7 Å². The van der Waals surface area contributed by atoms with Crippen LogP contribution in [-0.2, 0) is 6.42 Å². The average Bonchev–Trinajstić information content (AvgIpc) is 2.83. The van der Waals surface area contributed by atoms with Crippen molar-refractivity contribution >= 4 is 22.7 Å². The van der Waals surface area contributed by atoms with Crippen LogP contribution in [0, 0.1) is 0 Å². The number of carbonyl (C=O) groups excluding carboxylic acids is 2. The van der Waals surface area contributed by atoms with Gasteiger partial charge in [0.05, 0.1) is 22.3 Å². The van der Waals surface area contributed by atoms with Crippen LogP contribution >= 0.6 is 0 Å². The molecule has 0 radical (unpaired) electrons. The van der Waals surface area contributed by atoms with Gasteiger partial charge in [0.1, 0.15) is 0 Å². The first kappa shape index (κ1) is 21.2. The van der Waals surface area contributed by atoms with E-state index in [1.807, 2.05) is 84.9 Å². The van der Waals surface area contributed by atoms with E-state index in [1.54, 1.807) is 14.1 Å². The second-order valence-electron chi connectivity index (χ2n) is 7.78. The maximum Gasteiger partial charge on any atom is 0.256 e. The molecule has 5 nitrogen and oxygen atoms in total. The van der Waals surface area contributed by atoms with Gasteiger partial charge in [-0.1, -0.05) is 78.9 Å². The summed E-state index contributed by atoms with van der Waals surface area (Å²) in [5.41, 5.74) is 3.80. The Kier molecular flexibility index (Phi) is 6.26. The van der Waals surface area contributed by atoms with Crippen LogP contribution in [0.3, 0.4) is 0 Å². The number of rotatable bonds is 6. The summed E-state index contributed by atoms with van der Waals surface area (Å²) in [6.45, 7) is 0.468. The van der Waals surface area contributed by atoms with Crippen molar-refractivity contribution in [3.05, 3.63) is 102 Å². The van der Waals surface area contributed by atoms with Crippen molar-refractivity contribution in [3.8, 4) is 11.3 Å². The molecule has 1 N–H and O–H groups in total. The highest BCUT2D eigenvalue weighted by Crippen LogP contribution is 2.31. The zero-order chi connectivity index (χ0) is 22.5. The predicted molar refractivity (Wildman–Crippen MR) is 128 cm³/mol. The van der Waals surface area contributed by atoms with Crippen LogP contribution in [0.5, 0.6) is 0 Å². The normalized spacial score (nSPS) is 10.7. The smallest absolute Gasteiger partial charge is 0.256 e. The van der Waals surface area contributed by atoms with Gasteiger partial charge in [0, 0.05) is 31.6 Å². The molecule has 1 aromatic heterocycles. The Balaban J connectivity index is 1.82. The van der Waals surface area contributed by atoms with Crippen molar-refractivity contribution in [2.45, 2.75) is 6.42 Å². The second-order valence-corrected chi connectivity index (χ2v) is 7.78. The van der Waals surface area contributed by atoms with Gasteiger partial charge in [0.25, 0.3) is 11.8 Å². The van der Waals surface area contributed by atoms with E-state index in [-0.39, 0.29) is 11.8 Å². The van der Waals surface area contributed by atoms with Crippen LogP contribution in [0.1, 0.15) is 26.3 Å². The summed E-state index contributed by atoms with van der Waals surface area (Å²) in [4.78, 5) is 33.1. The molecule has 0 aliphatic rings. The summed E-state index contributed by atoms with van der Waals surface area (Å²) in [7, 11) is 3.37. The van der Waals surface area contributed by atoms with Crippen LogP contribution in [0.15, 0.2) is 84.9 Å². The molecule has 3 aromatic carbocycles. The molecular weight excluding hydrogens is 398 g/mol. The Morgan fingerprint density at radius 3 is 2.12 bits per heavy atom. The third-order valence-corrected chi connectivity index (χ3v) is 5.33. The SMILES string of the molecule is CN(C)C(=O)c1c(-c2ccccc2)nc2ccccc2c1C(=O)NCCc1ccccc1. The third-order valence-electron chi connectivity index (χ3n) is 5.33. The Bertz CT molecular complexity index is 1250. The molecular formula is C27H25N3O2. The summed E-state index contributed by atoms with van der Waals surface area (Å²) >= 11 is 0. The van der Waals surface area contributed by atoms with Gasteiger partial charge < -0.3 is 10.2 Å². The first-order valence-corrected chi connectivity index (χ1v) is 10.6. The number of hydrogen-bond donors (Lipinski definition) is 1. The summed E-state index contributed by atoms with van der Waals surface area (Å²) in [6.07, 6.45) is 0.706. The van der Waals surface area contributed by atoms with E-state index in [1.165, 1.54) is 4.90 Å². The topological polar surface area (TPSA) is 62.3 Å². The fraction of sp³-hybridized carbons (Fsp3) is 0.148. The molecule has 160 valence electrons. The number of para-hydroxylation sites is 1. The van der Waals surface area contributed by atoms with Gasteiger partial charge in [0.15, 0.2) is 0 Å². The number of amides is 2. The summed E-state index contributed by atoms with van der Waals surface area (Å²) in [6, 6.07) is 27.0. The van der Waals surface area contributed by atoms with Crippen molar-refractivity contribution in [1.29, 1.82) is 0 Å². The standard InChI is InChI=1S/C27H25N3O2/c1-30(2)27(32)24-23(26(31)28-18-17-19-11-5-3-6-12-19)21-15-9-10-16-22(21)29-25(24)20-13-7-4-8-14-20/h3-16H,17-18H2,1-2H3,(H,28,31). The van der Waals surface area contributed by atoms with E-state index in [4.69, 9.17) is 4.98 Å². The molecule has 5 heteroatoms. The highest BCUT2D eigenvalue weighted by molar-refractivity contribution is 6.17. The van der Waals surface area contributed by atoms with Gasteiger partial charge in [-0.05, 0) is 18.1 Å². The van der Waals surface area contributed by atoms with Crippen molar-refractivity contribution in [3.63, 3.8) is 0 Å². The molecule has 0 atom stereocenters. The average molecular weight is 424 g/mol. The highest BCUT2D eigenvalue weighted by Gasteiger charge is 2.27. The van der Waals surface area contributed by atoms with Crippen molar-refractivity contribution in [1.82, 2.24) is 15.2 Å². The maximum absolute atomic E-state index is 13.5. The van der Waals surface area contributed by atoms with Gasteiger partial charge in [-0.25, -0.2) is 4.98 Å². The number of nitrogens with zero attached hydrogens (tertiary/aromatic N) is 2. The highest BCUT2D eigenvalue weighted by atomic mass is 16.2. The first-order chi connectivity index (χ1) is 15.6. The van der Waals surface area contributed by atoms with E-state index in [0.717, 1.165) is 11.1 Å². The van der Waals surface area contributed by atoms with Crippen molar-refractivity contribution < 1.29 is 9.59 Å². The van der Waals surface area contributed by atoms with Crippen LogP contribution in [-0.4, -0.2) is 42.3 Å². The molecule has 2 amide bonds. The van der Waals surface area contributed by atoms with Gasteiger partial charge in [-0.15, -0.1) is 0 Å². The lowest BCUT2D eigenvalue weighted by Crippen LogP contribution is -2.31. The molecule has 0 fully saturated rings. The molecule has 1 heterocycles. The van der Waals surface area contributed by atoms with Gasteiger partial charge in [-0.2, -0.15) is 0 Å².